The van der Waals surface area contributed by atoms with Crippen molar-refractivity contribution in [3.05, 3.63) is 63.7 Å². The van der Waals surface area contributed by atoms with Crippen LogP contribution in [0.25, 0.3) is 0 Å². The molecule has 132 valence electrons. The van der Waals surface area contributed by atoms with Gasteiger partial charge in [0, 0.05) is 6.07 Å². The highest BCUT2D eigenvalue weighted by Crippen LogP contribution is 2.30. The molecule has 1 heterocycles. The topological polar surface area (TPSA) is 119 Å². The lowest BCUT2D eigenvalue weighted by Gasteiger charge is -2.14. The van der Waals surface area contributed by atoms with Gasteiger partial charge in [-0.15, -0.1) is 0 Å². The van der Waals surface area contributed by atoms with Crippen molar-refractivity contribution in [2.75, 3.05) is 19.0 Å². The zero-order chi connectivity index (χ0) is 18.8. The number of anilines is 1. The van der Waals surface area contributed by atoms with E-state index >= 15 is 0 Å². The average Bonchev–Trinajstić information content (AvgIpc) is 2.87. The van der Waals surface area contributed by atoms with Gasteiger partial charge in [-0.25, -0.2) is 0 Å². The molecule has 9 nitrogen and oxygen atoms in total. The summed E-state index contributed by atoms with van der Waals surface area (Å²) >= 11 is 0. The SMILES string of the molecule is COc1ccccc1NC(=O)CN1C(=O)c2cccc([N+](=O)[O-])c2C1=O. The van der Waals surface area contributed by atoms with Crippen LogP contribution in [0.1, 0.15) is 20.7 Å². The number of nitro groups is 1. The van der Waals surface area contributed by atoms with Gasteiger partial charge in [-0.05, 0) is 18.2 Å². The second-order valence-corrected chi connectivity index (χ2v) is 5.40. The van der Waals surface area contributed by atoms with Crippen LogP contribution in [-0.4, -0.2) is 41.2 Å². The fourth-order valence-electron chi connectivity index (χ4n) is 2.69. The standard InChI is InChI=1S/C17H13N3O6/c1-26-13-8-3-2-6-11(13)18-14(21)9-19-16(22)10-5-4-7-12(20(24)25)15(10)17(19)23/h2-8H,9H2,1H3,(H,18,21). The van der Waals surface area contributed by atoms with E-state index in [0.717, 1.165) is 6.07 Å². The number of nitrogens with one attached hydrogen (secondary N) is 1. The Kier molecular flexibility index (Phi) is 4.36. The third kappa shape index (κ3) is 2.86. The molecule has 0 radical (unpaired) electrons. The maximum atomic E-state index is 12.4. The van der Waals surface area contributed by atoms with Gasteiger partial charge in [0.25, 0.3) is 17.5 Å². The van der Waals surface area contributed by atoms with Crippen molar-refractivity contribution < 1.29 is 24.0 Å². The summed E-state index contributed by atoms with van der Waals surface area (Å²) in [5, 5.41) is 13.6. The number of nitro benzene ring substituents is 1. The van der Waals surface area contributed by atoms with Gasteiger partial charge in [-0.1, -0.05) is 18.2 Å². The van der Waals surface area contributed by atoms with Crippen LogP contribution in [0.3, 0.4) is 0 Å². The molecular formula is C17H13N3O6. The average molecular weight is 355 g/mol. The molecule has 0 aliphatic carbocycles. The number of ether oxygens (including phenoxy) is 1. The summed E-state index contributed by atoms with van der Waals surface area (Å²) in [5.41, 5.74) is -0.474. The maximum absolute atomic E-state index is 12.4. The summed E-state index contributed by atoms with van der Waals surface area (Å²) in [6.45, 7) is -0.568. The Morgan fingerprint density at radius 2 is 1.88 bits per heavy atom. The van der Waals surface area contributed by atoms with E-state index in [2.05, 4.69) is 5.32 Å². The fraction of sp³-hybridized carbons (Fsp3) is 0.118. The largest absolute Gasteiger partial charge is 0.495 e. The second kappa shape index (κ2) is 6.63. The van der Waals surface area contributed by atoms with Gasteiger partial charge in [0.1, 0.15) is 17.9 Å². The van der Waals surface area contributed by atoms with E-state index in [1.165, 1.54) is 19.2 Å². The van der Waals surface area contributed by atoms with Gasteiger partial charge in [-0.2, -0.15) is 0 Å². The number of nitrogens with zero attached hydrogens (tertiary/aromatic N) is 2. The number of rotatable bonds is 5. The highest BCUT2D eigenvalue weighted by atomic mass is 16.6. The smallest absolute Gasteiger partial charge is 0.282 e. The molecule has 1 aliphatic rings. The van der Waals surface area contributed by atoms with Gasteiger partial charge in [-0.3, -0.25) is 29.4 Å². The number of hydrogen-bond acceptors (Lipinski definition) is 6. The Labute approximate surface area is 147 Å². The molecule has 2 aromatic carbocycles. The lowest BCUT2D eigenvalue weighted by atomic mass is 10.1. The summed E-state index contributed by atoms with van der Waals surface area (Å²) < 4.78 is 5.11. The van der Waals surface area contributed by atoms with E-state index in [0.29, 0.717) is 16.3 Å². The van der Waals surface area contributed by atoms with E-state index in [1.54, 1.807) is 24.3 Å². The van der Waals surface area contributed by atoms with Crippen LogP contribution in [0.2, 0.25) is 0 Å². The first-order valence-electron chi connectivity index (χ1n) is 7.50. The summed E-state index contributed by atoms with van der Waals surface area (Å²) in [6, 6.07) is 10.4. The zero-order valence-corrected chi connectivity index (χ0v) is 13.6. The highest BCUT2D eigenvalue weighted by molar-refractivity contribution is 6.24. The van der Waals surface area contributed by atoms with Gasteiger partial charge >= 0.3 is 0 Å². The Bertz CT molecular complexity index is 940. The van der Waals surface area contributed by atoms with E-state index < -0.39 is 34.9 Å². The van der Waals surface area contributed by atoms with Crippen LogP contribution >= 0.6 is 0 Å². The van der Waals surface area contributed by atoms with Gasteiger partial charge in [0.2, 0.25) is 5.91 Å². The first kappa shape index (κ1) is 17.1. The molecule has 0 atom stereocenters. The van der Waals surface area contributed by atoms with Crippen molar-refractivity contribution in [1.29, 1.82) is 0 Å². The number of hydrogen-bond donors (Lipinski definition) is 1. The van der Waals surface area contributed by atoms with Gasteiger partial charge in [0.05, 0.1) is 23.3 Å². The van der Waals surface area contributed by atoms with Gasteiger partial charge in [0.15, 0.2) is 0 Å². The normalized spacial score (nSPS) is 12.7. The minimum Gasteiger partial charge on any atom is -0.495 e. The Hall–Kier alpha value is -3.75. The molecule has 3 amide bonds. The number of carbonyl (C=O) groups excluding carboxylic acids is 3. The second-order valence-electron chi connectivity index (χ2n) is 5.40. The van der Waals surface area contributed by atoms with Crippen molar-refractivity contribution in [1.82, 2.24) is 4.90 Å². The van der Waals surface area contributed by atoms with E-state index in [1.807, 2.05) is 0 Å². The van der Waals surface area contributed by atoms with Crippen molar-refractivity contribution in [2.45, 2.75) is 0 Å². The Morgan fingerprint density at radius 1 is 1.15 bits per heavy atom. The number of benzene rings is 2. The van der Waals surface area contributed by atoms with Crippen molar-refractivity contribution in [3.63, 3.8) is 0 Å². The molecule has 2 aromatic rings. The molecule has 0 aromatic heterocycles. The Balaban J connectivity index is 1.82. The number of para-hydroxylation sites is 2. The molecule has 0 spiro atoms. The van der Waals surface area contributed by atoms with Crippen molar-refractivity contribution >= 4 is 29.1 Å². The summed E-state index contributed by atoms with van der Waals surface area (Å²) in [5.74, 6) is -1.83. The quantitative estimate of drug-likeness (QED) is 0.496. The van der Waals surface area contributed by atoms with Crippen LogP contribution < -0.4 is 10.1 Å². The predicted octanol–water partition coefficient (Wildman–Crippen LogP) is 1.84. The molecule has 26 heavy (non-hydrogen) atoms. The monoisotopic (exact) mass is 355 g/mol. The lowest BCUT2D eigenvalue weighted by Crippen LogP contribution is -2.37. The molecule has 1 aliphatic heterocycles. The Morgan fingerprint density at radius 3 is 2.58 bits per heavy atom. The molecule has 0 saturated carbocycles. The first-order valence-corrected chi connectivity index (χ1v) is 7.50. The summed E-state index contributed by atoms with van der Waals surface area (Å²) in [4.78, 5) is 48.1. The number of carbonyl (C=O) groups is 3. The molecule has 0 unspecified atom stereocenters. The van der Waals surface area contributed by atoms with Gasteiger partial charge < -0.3 is 10.1 Å². The number of fused-ring (bicyclic) bond motifs is 1. The molecule has 0 bridgehead atoms. The summed E-state index contributed by atoms with van der Waals surface area (Å²) in [7, 11) is 1.44. The molecule has 9 heteroatoms. The van der Waals surface area contributed by atoms with Crippen LogP contribution in [0.4, 0.5) is 11.4 Å². The first-order chi connectivity index (χ1) is 12.4. The molecule has 1 N–H and O–H groups in total. The maximum Gasteiger partial charge on any atom is 0.282 e. The summed E-state index contributed by atoms with van der Waals surface area (Å²) in [6.07, 6.45) is 0. The van der Waals surface area contributed by atoms with E-state index in [9.17, 15) is 24.5 Å². The zero-order valence-electron chi connectivity index (χ0n) is 13.6. The van der Waals surface area contributed by atoms with Crippen molar-refractivity contribution in [2.24, 2.45) is 0 Å². The fourth-order valence-corrected chi connectivity index (χ4v) is 2.69. The molecule has 0 saturated heterocycles. The van der Waals surface area contributed by atoms with Crippen LogP contribution in [0.15, 0.2) is 42.5 Å². The lowest BCUT2D eigenvalue weighted by molar-refractivity contribution is -0.385. The number of amides is 3. The van der Waals surface area contributed by atoms with Crippen molar-refractivity contribution in [3.8, 4) is 5.75 Å². The van der Waals surface area contributed by atoms with Crippen LogP contribution in [-0.2, 0) is 4.79 Å². The molecular weight excluding hydrogens is 342 g/mol. The van der Waals surface area contributed by atoms with Crippen LogP contribution in [0, 0.1) is 10.1 Å². The van der Waals surface area contributed by atoms with Crippen LogP contribution in [0.5, 0.6) is 5.75 Å². The molecule has 0 fully saturated rings. The minimum atomic E-state index is -0.868. The number of imide groups is 1. The third-order valence-corrected chi connectivity index (χ3v) is 3.86. The minimum absolute atomic E-state index is 0.0886. The predicted molar refractivity (Wildman–Crippen MR) is 90.1 cm³/mol. The van der Waals surface area contributed by atoms with E-state index in [4.69, 9.17) is 4.74 Å². The molecule has 3 rings (SSSR count). The van der Waals surface area contributed by atoms with E-state index in [-0.39, 0.29) is 11.1 Å². The highest BCUT2D eigenvalue weighted by Gasteiger charge is 2.41. The number of methoxy groups -OCH3 is 1. The third-order valence-electron chi connectivity index (χ3n) is 3.86.